The zero-order valence-corrected chi connectivity index (χ0v) is 23.5. The van der Waals surface area contributed by atoms with E-state index in [-0.39, 0.29) is 16.7 Å². The molecule has 1 aliphatic heterocycles. The minimum Gasteiger partial charge on any atom is -0.507 e. The second-order valence-corrected chi connectivity index (χ2v) is 10.9. The van der Waals surface area contributed by atoms with Crippen molar-refractivity contribution in [3.05, 3.63) is 125 Å². The first-order chi connectivity index (χ1) is 19.7. The maximum Gasteiger partial charge on any atom is 0.300 e. The highest BCUT2D eigenvalue weighted by molar-refractivity contribution is 6.51. The van der Waals surface area contributed by atoms with Crippen molar-refractivity contribution in [2.75, 3.05) is 12.0 Å². The summed E-state index contributed by atoms with van der Waals surface area (Å²) in [5.41, 5.74) is 3.12. The van der Waals surface area contributed by atoms with E-state index < -0.39 is 17.7 Å². The number of hydrogen-bond donors (Lipinski definition) is 1. The second kappa shape index (κ2) is 11.3. The summed E-state index contributed by atoms with van der Waals surface area (Å²) in [6.45, 7) is 6.52. The lowest BCUT2D eigenvalue weighted by Gasteiger charge is -2.26. The van der Waals surface area contributed by atoms with Gasteiger partial charge in [0.05, 0.1) is 18.7 Å². The van der Waals surface area contributed by atoms with Gasteiger partial charge in [-0.05, 0) is 65.1 Å². The molecule has 0 saturated carbocycles. The highest BCUT2D eigenvalue weighted by Crippen LogP contribution is 2.43. The van der Waals surface area contributed by atoms with Crippen LogP contribution in [0.3, 0.4) is 0 Å². The monoisotopic (exact) mass is 548 g/mol. The standard InChI is InChI=1S/C34H32N2O5/c1-34(2,3)27-19-23(12-17-28(27)40-4)31(37)29-30(24-11-8-18-35-20-24)36(33(39)32(29)38)25-13-15-26(16-14-25)41-21-22-9-6-5-7-10-22/h5-20,30,37H,21H2,1-4H3/b31-29-. The Balaban J connectivity index is 1.55. The predicted molar refractivity (Wildman–Crippen MR) is 158 cm³/mol. The molecule has 2 heterocycles. The molecular weight excluding hydrogens is 516 g/mol. The first-order valence-electron chi connectivity index (χ1n) is 13.4. The van der Waals surface area contributed by atoms with E-state index >= 15 is 0 Å². The van der Waals surface area contributed by atoms with Crippen LogP contribution < -0.4 is 14.4 Å². The van der Waals surface area contributed by atoms with E-state index in [0.717, 1.165) is 11.1 Å². The minimum absolute atomic E-state index is 0.00238. The number of ether oxygens (including phenoxy) is 2. The molecule has 1 saturated heterocycles. The number of aliphatic hydroxyl groups is 1. The number of Topliss-reactive ketones (excluding diaryl/α,β-unsaturated/α-hetero) is 1. The molecule has 7 heteroatoms. The lowest BCUT2D eigenvalue weighted by Crippen LogP contribution is -2.29. The Morgan fingerprint density at radius 2 is 1.68 bits per heavy atom. The summed E-state index contributed by atoms with van der Waals surface area (Å²) in [6.07, 6.45) is 3.22. The molecule has 41 heavy (non-hydrogen) atoms. The van der Waals surface area contributed by atoms with Crippen molar-refractivity contribution in [2.45, 2.75) is 38.8 Å². The van der Waals surface area contributed by atoms with E-state index in [1.807, 2.05) is 51.1 Å². The number of ketones is 1. The SMILES string of the molecule is COc1ccc(/C(O)=C2/C(=O)C(=O)N(c3ccc(OCc4ccccc4)cc3)C2c2cccnc2)cc1C(C)(C)C. The number of carbonyl (C=O) groups is 2. The molecule has 1 aliphatic rings. The highest BCUT2D eigenvalue weighted by Gasteiger charge is 2.47. The largest absolute Gasteiger partial charge is 0.507 e. The molecule has 5 rings (SSSR count). The van der Waals surface area contributed by atoms with Crippen molar-refractivity contribution in [3.63, 3.8) is 0 Å². The third kappa shape index (κ3) is 5.57. The number of benzene rings is 3. The third-order valence-corrected chi connectivity index (χ3v) is 7.09. The van der Waals surface area contributed by atoms with E-state index in [0.29, 0.717) is 34.9 Å². The smallest absolute Gasteiger partial charge is 0.300 e. The van der Waals surface area contributed by atoms with Crippen molar-refractivity contribution >= 4 is 23.1 Å². The number of nitrogens with zero attached hydrogens (tertiary/aromatic N) is 2. The lowest BCUT2D eigenvalue weighted by molar-refractivity contribution is -0.132. The summed E-state index contributed by atoms with van der Waals surface area (Å²) in [6, 6.07) is 24.7. The number of aromatic nitrogens is 1. The van der Waals surface area contributed by atoms with Gasteiger partial charge >= 0.3 is 0 Å². The molecule has 1 amide bonds. The third-order valence-electron chi connectivity index (χ3n) is 7.09. The van der Waals surface area contributed by atoms with Crippen LogP contribution in [0.15, 0.2) is 103 Å². The van der Waals surface area contributed by atoms with Gasteiger partial charge in [0, 0.05) is 29.2 Å². The molecular formula is C34H32N2O5. The molecule has 1 N–H and O–H groups in total. The van der Waals surface area contributed by atoms with Gasteiger partial charge in [-0.15, -0.1) is 0 Å². The fraction of sp³-hybridized carbons (Fsp3) is 0.206. The molecule has 208 valence electrons. The Hall–Kier alpha value is -4.91. The average molecular weight is 549 g/mol. The zero-order chi connectivity index (χ0) is 29.1. The van der Waals surface area contributed by atoms with E-state index in [9.17, 15) is 14.7 Å². The van der Waals surface area contributed by atoms with Crippen molar-refractivity contribution in [2.24, 2.45) is 0 Å². The van der Waals surface area contributed by atoms with Gasteiger partial charge in [-0.1, -0.05) is 57.2 Å². The van der Waals surface area contributed by atoms with Crippen LogP contribution in [0.2, 0.25) is 0 Å². The first kappa shape index (κ1) is 27.6. The topological polar surface area (TPSA) is 89.0 Å². The highest BCUT2D eigenvalue weighted by atomic mass is 16.5. The van der Waals surface area contributed by atoms with Crippen LogP contribution in [-0.4, -0.2) is 28.9 Å². The van der Waals surface area contributed by atoms with Crippen LogP contribution in [0.4, 0.5) is 5.69 Å². The van der Waals surface area contributed by atoms with Gasteiger partial charge in [-0.3, -0.25) is 19.5 Å². The molecule has 7 nitrogen and oxygen atoms in total. The van der Waals surface area contributed by atoms with Gasteiger partial charge in [0.1, 0.15) is 23.9 Å². The number of amides is 1. The summed E-state index contributed by atoms with van der Waals surface area (Å²) in [7, 11) is 1.59. The van der Waals surface area contributed by atoms with E-state index in [1.165, 1.54) is 4.90 Å². The fourth-order valence-electron chi connectivity index (χ4n) is 4.99. The van der Waals surface area contributed by atoms with Crippen LogP contribution in [0.25, 0.3) is 5.76 Å². The summed E-state index contributed by atoms with van der Waals surface area (Å²) in [4.78, 5) is 32.7. The summed E-state index contributed by atoms with van der Waals surface area (Å²) >= 11 is 0. The average Bonchev–Trinajstić information content (AvgIpc) is 3.26. The molecule has 1 atom stereocenters. The second-order valence-electron chi connectivity index (χ2n) is 10.9. The van der Waals surface area contributed by atoms with Crippen molar-refractivity contribution in [1.29, 1.82) is 0 Å². The maximum absolute atomic E-state index is 13.5. The van der Waals surface area contributed by atoms with Crippen molar-refractivity contribution in [1.82, 2.24) is 4.98 Å². The van der Waals surface area contributed by atoms with Gasteiger partial charge in [-0.2, -0.15) is 0 Å². The van der Waals surface area contributed by atoms with E-state index in [1.54, 1.807) is 74.1 Å². The molecule has 0 spiro atoms. The number of methoxy groups -OCH3 is 1. The fourth-order valence-corrected chi connectivity index (χ4v) is 4.99. The van der Waals surface area contributed by atoms with Crippen LogP contribution in [-0.2, 0) is 21.6 Å². The number of hydrogen-bond acceptors (Lipinski definition) is 6. The van der Waals surface area contributed by atoms with Gasteiger partial charge in [0.2, 0.25) is 0 Å². The Morgan fingerprint density at radius 3 is 2.32 bits per heavy atom. The van der Waals surface area contributed by atoms with Crippen LogP contribution in [0.1, 0.15) is 49.1 Å². The Morgan fingerprint density at radius 1 is 0.951 bits per heavy atom. The summed E-state index contributed by atoms with van der Waals surface area (Å²) in [5, 5.41) is 11.6. The van der Waals surface area contributed by atoms with Gasteiger partial charge in [-0.25, -0.2) is 0 Å². The van der Waals surface area contributed by atoms with Crippen molar-refractivity contribution < 1.29 is 24.2 Å². The quantitative estimate of drug-likeness (QED) is 0.159. The molecule has 0 aliphatic carbocycles. The van der Waals surface area contributed by atoms with Gasteiger partial charge in [0.25, 0.3) is 11.7 Å². The Labute approximate surface area is 239 Å². The number of anilines is 1. The molecule has 1 unspecified atom stereocenters. The summed E-state index contributed by atoms with van der Waals surface area (Å²) < 4.78 is 11.4. The Kier molecular flexibility index (Phi) is 7.62. The lowest BCUT2D eigenvalue weighted by atomic mass is 9.84. The molecule has 0 bridgehead atoms. The molecule has 1 aromatic heterocycles. The number of aliphatic hydroxyl groups excluding tert-OH is 1. The predicted octanol–water partition coefficient (Wildman–Crippen LogP) is 6.59. The molecule has 0 radical (unpaired) electrons. The van der Waals surface area contributed by atoms with E-state index in [4.69, 9.17) is 9.47 Å². The zero-order valence-electron chi connectivity index (χ0n) is 23.5. The van der Waals surface area contributed by atoms with Crippen LogP contribution >= 0.6 is 0 Å². The molecule has 4 aromatic rings. The maximum atomic E-state index is 13.5. The summed E-state index contributed by atoms with van der Waals surface area (Å²) in [5.74, 6) is -0.458. The normalized spacial score (nSPS) is 16.6. The van der Waals surface area contributed by atoms with E-state index in [2.05, 4.69) is 4.98 Å². The Bertz CT molecular complexity index is 1590. The van der Waals surface area contributed by atoms with Crippen LogP contribution in [0.5, 0.6) is 11.5 Å². The van der Waals surface area contributed by atoms with Gasteiger partial charge in [0.15, 0.2) is 0 Å². The minimum atomic E-state index is -0.875. The molecule has 1 fully saturated rings. The molecule has 3 aromatic carbocycles. The number of carbonyl (C=O) groups excluding carboxylic acids is 2. The van der Waals surface area contributed by atoms with Crippen molar-refractivity contribution in [3.8, 4) is 11.5 Å². The first-order valence-corrected chi connectivity index (χ1v) is 13.4. The van der Waals surface area contributed by atoms with Crippen LogP contribution in [0, 0.1) is 0 Å². The van der Waals surface area contributed by atoms with Gasteiger partial charge < -0.3 is 14.6 Å². The number of pyridine rings is 1. The number of rotatable bonds is 7.